The summed E-state index contributed by atoms with van der Waals surface area (Å²) in [6.07, 6.45) is 2.85. The van der Waals surface area contributed by atoms with Crippen LogP contribution >= 0.6 is 0 Å². The zero-order valence-electron chi connectivity index (χ0n) is 18.6. The van der Waals surface area contributed by atoms with Crippen molar-refractivity contribution in [1.29, 1.82) is 0 Å². The van der Waals surface area contributed by atoms with Gasteiger partial charge in [-0.15, -0.1) is 0 Å². The molecule has 0 spiro atoms. The van der Waals surface area contributed by atoms with Crippen molar-refractivity contribution in [3.63, 3.8) is 0 Å². The van der Waals surface area contributed by atoms with Crippen LogP contribution < -0.4 is 15.5 Å². The molecule has 6 nitrogen and oxygen atoms in total. The Bertz CT molecular complexity index is 830. The van der Waals surface area contributed by atoms with Gasteiger partial charge in [0, 0.05) is 44.1 Å². The third-order valence-electron chi connectivity index (χ3n) is 5.80. The number of rotatable bonds is 8. The zero-order chi connectivity index (χ0) is 22.1. The topological polar surface area (TPSA) is 64.7 Å². The Labute approximate surface area is 185 Å². The largest absolute Gasteiger partial charge is 0.368 e. The summed E-state index contributed by atoms with van der Waals surface area (Å²) in [6.45, 7) is 7.93. The molecule has 31 heavy (non-hydrogen) atoms. The van der Waals surface area contributed by atoms with E-state index in [0.29, 0.717) is 13.1 Å². The van der Waals surface area contributed by atoms with E-state index >= 15 is 0 Å². The lowest BCUT2D eigenvalue weighted by atomic mass is 9.95. The maximum absolute atomic E-state index is 12.8. The Morgan fingerprint density at radius 1 is 0.935 bits per heavy atom. The highest BCUT2D eigenvalue weighted by Crippen LogP contribution is 2.23. The van der Waals surface area contributed by atoms with Gasteiger partial charge in [0.15, 0.2) is 0 Å². The number of anilines is 2. The van der Waals surface area contributed by atoms with Crippen molar-refractivity contribution in [1.82, 2.24) is 10.2 Å². The average Bonchev–Trinajstić information content (AvgIpc) is 2.81. The molecule has 1 aliphatic heterocycles. The summed E-state index contributed by atoms with van der Waals surface area (Å²) >= 11 is 0. The van der Waals surface area contributed by atoms with E-state index in [4.69, 9.17) is 0 Å². The number of unbranched alkanes of at least 4 members (excludes halogenated alkanes) is 1. The van der Waals surface area contributed by atoms with Gasteiger partial charge in [-0.1, -0.05) is 50.6 Å². The van der Waals surface area contributed by atoms with Crippen molar-refractivity contribution in [3.8, 4) is 0 Å². The first-order chi connectivity index (χ1) is 15.1. The lowest BCUT2D eigenvalue weighted by Crippen LogP contribution is -2.52. The molecule has 6 heteroatoms. The number of hydrogen-bond donors (Lipinski definition) is 2. The Kier molecular flexibility index (Phi) is 8.33. The van der Waals surface area contributed by atoms with Gasteiger partial charge in [0.25, 0.3) is 0 Å². The highest BCUT2D eigenvalue weighted by atomic mass is 16.2. The first-order valence-corrected chi connectivity index (χ1v) is 11.4. The quantitative estimate of drug-likeness (QED) is 0.618. The third kappa shape index (κ3) is 6.23. The highest BCUT2D eigenvalue weighted by Gasteiger charge is 2.21. The standard InChI is InChI=1S/C25H34N4O2/c1-3-5-15-26-25(31)29-18-16-28(17-19-29)22-13-11-21(12-14-22)27-24(30)23(4-2)20-9-7-6-8-10-20/h6-14,23H,3-5,15-19H2,1-2H3,(H,26,31)(H,27,30)/t23-/m0/s1. The van der Waals surface area contributed by atoms with Crippen molar-refractivity contribution in [3.05, 3.63) is 60.2 Å². The molecular weight excluding hydrogens is 388 g/mol. The minimum atomic E-state index is -0.155. The van der Waals surface area contributed by atoms with Gasteiger partial charge in [-0.25, -0.2) is 4.79 Å². The molecule has 1 atom stereocenters. The zero-order valence-corrected chi connectivity index (χ0v) is 18.6. The maximum Gasteiger partial charge on any atom is 0.317 e. The van der Waals surface area contributed by atoms with Gasteiger partial charge < -0.3 is 20.4 Å². The predicted molar refractivity (Wildman–Crippen MR) is 127 cm³/mol. The van der Waals surface area contributed by atoms with Crippen LogP contribution in [0.25, 0.3) is 0 Å². The Balaban J connectivity index is 1.51. The summed E-state index contributed by atoms with van der Waals surface area (Å²) in [5.74, 6) is -0.137. The summed E-state index contributed by atoms with van der Waals surface area (Å²) in [5, 5.41) is 6.04. The van der Waals surface area contributed by atoms with E-state index in [1.54, 1.807) is 0 Å². The van der Waals surface area contributed by atoms with Gasteiger partial charge >= 0.3 is 6.03 Å². The fourth-order valence-electron chi connectivity index (χ4n) is 3.89. The van der Waals surface area contributed by atoms with Crippen LogP contribution in [0.5, 0.6) is 0 Å². The molecule has 2 aromatic rings. The highest BCUT2D eigenvalue weighted by molar-refractivity contribution is 5.96. The predicted octanol–water partition coefficient (Wildman–Crippen LogP) is 4.45. The Morgan fingerprint density at radius 3 is 2.23 bits per heavy atom. The SMILES string of the molecule is CCCCNC(=O)N1CCN(c2ccc(NC(=O)[C@@H](CC)c3ccccc3)cc2)CC1. The number of urea groups is 1. The summed E-state index contributed by atoms with van der Waals surface area (Å²) in [5.41, 5.74) is 2.95. The number of hydrogen-bond acceptors (Lipinski definition) is 3. The Morgan fingerprint density at radius 2 is 1.61 bits per heavy atom. The lowest BCUT2D eigenvalue weighted by molar-refractivity contribution is -0.117. The van der Waals surface area contributed by atoms with Crippen molar-refractivity contribution in [2.75, 3.05) is 42.9 Å². The molecule has 1 aliphatic rings. The minimum Gasteiger partial charge on any atom is -0.368 e. The molecule has 3 amide bonds. The normalized spacial score (nSPS) is 14.8. The van der Waals surface area contributed by atoms with E-state index < -0.39 is 0 Å². The summed E-state index contributed by atoms with van der Waals surface area (Å²) in [7, 11) is 0. The molecule has 166 valence electrons. The number of carbonyl (C=O) groups is 2. The van der Waals surface area contributed by atoms with E-state index in [2.05, 4.69) is 22.5 Å². The van der Waals surface area contributed by atoms with E-state index in [-0.39, 0.29) is 17.9 Å². The second-order valence-electron chi connectivity index (χ2n) is 7.97. The van der Waals surface area contributed by atoms with Crippen LogP contribution in [0.3, 0.4) is 0 Å². The van der Waals surface area contributed by atoms with Crippen LogP contribution in [-0.2, 0) is 4.79 Å². The number of nitrogens with one attached hydrogen (secondary N) is 2. The molecule has 0 aromatic heterocycles. The van der Waals surface area contributed by atoms with E-state index in [1.807, 2.05) is 66.4 Å². The molecule has 2 N–H and O–H groups in total. The van der Waals surface area contributed by atoms with Crippen LogP contribution in [0.2, 0.25) is 0 Å². The van der Waals surface area contributed by atoms with Gasteiger partial charge in [-0.05, 0) is 42.7 Å². The van der Waals surface area contributed by atoms with Crippen LogP contribution in [0.1, 0.15) is 44.6 Å². The fraction of sp³-hybridized carbons (Fsp3) is 0.440. The molecule has 0 bridgehead atoms. The molecule has 2 aromatic carbocycles. The van der Waals surface area contributed by atoms with E-state index in [1.165, 1.54) is 0 Å². The molecule has 1 saturated heterocycles. The molecule has 0 radical (unpaired) electrons. The smallest absolute Gasteiger partial charge is 0.317 e. The van der Waals surface area contributed by atoms with E-state index in [0.717, 1.165) is 55.8 Å². The van der Waals surface area contributed by atoms with Crippen LogP contribution in [-0.4, -0.2) is 49.6 Å². The molecule has 1 heterocycles. The molecule has 0 aliphatic carbocycles. The molecule has 0 saturated carbocycles. The van der Waals surface area contributed by atoms with Gasteiger partial charge in [-0.3, -0.25) is 4.79 Å². The van der Waals surface area contributed by atoms with Gasteiger partial charge in [0.2, 0.25) is 5.91 Å². The number of nitrogens with zero attached hydrogens (tertiary/aromatic N) is 2. The Hall–Kier alpha value is -3.02. The van der Waals surface area contributed by atoms with Crippen molar-refractivity contribution < 1.29 is 9.59 Å². The third-order valence-corrected chi connectivity index (χ3v) is 5.80. The number of amides is 3. The van der Waals surface area contributed by atoms with Crippen LogP contribution in [0.15, 0.2) is 54.6 Å². The number of carbonyl (C=O) groups excluding carboxylic acids is 2. The van der Waals surface area contributed by atoms with Crippen molar-refractivity contribution in [2.24, 2.45) is 0 Å². The van der Waals surface area contributed by atoms with Gasteiger partial charge in [0.1, 0.15) is 0 Å². The molecule has 0 unspecified atom stereocenters. The van der Waals surface area contributed by atoms with Crippen molar-refractivity contribution in [2.45, 2.75) is 39.0 Å². The second-order valence-corrected chi connectivity index (χ2v) is 7.97. The summed E-state index contributed by atoms with van der Waals surface area (Å²) < 4.78 is 0. The lowest BCUT2D eigenvalue weighted by Gasteiger charge is -2.36. The first kappa shape index (κ1) is 22.7. The number of benzene rings is 2. The van der Waals surface area contributed by atoms with E-state index in [9.17, 15) is 9.59 Å². The van der Waals surface area contributed by atoms with Crippen LogP contribution in [0, 0.1) is 0 Å². The fourth-order valence-corrected chi connectivity index (χ4v) is 3.89. The summed E-state index contributed by atoms with van der Waals surface area (Å²) in [6, 6.07) is 17.9. The maximum atomic E-state index is 12.8. The molecule has 3 rings (SSSR count). The first-order valence-electron chi connectivity index (χ1n) is 11.4. The number of piperazine rings is 1. The second kappa shape index (κ2) is 11.4. The monoisotopic (exact) mass is 422 g/mol. The van der Waals surface area contributed by atoms with Gasteiger partial charge in [0.05, 0.1) is 5.92 Å². The molecular formula is C25H34N4O2. The average molecular weight is 423 g/mol. The minimum absolute atomic E-state index is 0.0177. The summed E-state index contributed by atoms with van der Waals surface area (Å²) in [4.78, 5) is 29.1. The van der Waals surface area contributed by atoms with Crippen LogP contribution in [0.4, 0.5) is 16.2 Å². The van der Waals surface area contributed by atoms with Crippen molar-refractivity contribution >= 4 is 23.3 Å². The molecule has 1 fully saturated rings. The van der Waals surface area contributed by atoms with Gasteiger partial charge in [-0.2, -0.15) is 0 Å².